The highest BCUT2D eigenvalue weighted by Crippen LogP contribution is 2.17. The molecule has 4 N–H and O–H groups in total. The fourth-order valence-corrected chi connectivity index (χ4v) is 1.89. The molecule has 6 heteroatoms. The summed E-state index contributed by atoms with van der Waals surface area (Å²) < 4.78 is 13.5. The Kier molecular flexibility index (Phi) is 5.64. The maximum atomic E-state index is 13.5. The van der Waals surface area contributed by atoms with Crippen molar-refractivity contribution in [1.82, 2.24) is 0 Å². The third kappa shape index (κ3) is 4.31. The lowest BCUT2D eigenvalue weighted by Crippen LogP contribution is -2.30. The molecule has 0 saturated carbocycles. The van der Waals surface area contributed by atoms with Crippen LogP contribution in [0, 0.1) is 17.7 Å². The molecular formula is C14H19FN2O3. The zero-order valence-corrected chi connectivity index (χ0v) is 11.5. The van der Waals surface area contributed by atoms with Gasteiger partial charge in [0.2, 0.25) is 5.91 Å². The minimum atomic E-state index is -1.35. The fourth-order valence-electron chi connectivity index (χ4n) is 1.89. The van der Waals surface area contributed by atoms with Gasteiger partial charge in [0.15, 0.2) is 0 Å². The molecule has 0 heterocycles. The van der Waals surface area contributed by atoms with Crippen LogP contribution in [0.2, 0.25) is 0 Å². The second kappa shape index (κ2) is 7.00. The van der Waals surface area contributed by atoms with Crippen LogP contribution in [0.25, 0.3) is 0 Å². The Labute approximate surface area is 117 Å². The number of benzene rings is 1. The van der Waals surface area contributed by atoms with Crippen molar-refractivity contribution < 1.29 is 19.1 Å². The Morgan fingerprint density at radius 1 is 1.40 bits per heavy atom. The van der Waals surface area contributed by atoms with Crippen LogP contribution >= 0.6 is 0 Å². The molecule has 0 aliphatic carbocycles. The number of carboxylic acid groups (broad SMARTS) is 1. The zero-order chi connectivity index (χ0) is 15.3. The van der Waals surface area contributed by atoms with Gasteiger partial charge in [0.05, 0.1) is 11.5 Å². The van der Waals surface area contributed by atoms with Crippen molar-refractivity contribution in [2.24, 2.45) is 17.6 Å². The maximum absolute atomic E-state index is 13.5. The van der Waals surface area contributed by atoms with Gasteiger partial charge in [-0.1, -0.05) is 13.8 Å². The molecule has 0 bridgehead atoms. The lowest BCUT2D eigenvalue weighted by Gasteiger charge is -2.17. The molecule has 5 nitrogen and oxygen atoms in total. The largest absolute Gasteiger partial charge is 0.478 e. The third-order valence-electron chi connectivity index (χ3n) is 2.88. The number of hydrogen-bond acceptors (Lipinski definition) is 3. The Hall–Kier alpha value is -1.95. The first-order valence-electron chi connectivity index (χ1n) is 6.39. The summed E-state index contributed by atoms with van der Waals surface area (Å²) in [5.41, 5.74) is 5.35. The van der Waals surface area contributed by atoms with Crippen LogP contribution in [0.15, 0.2) is 18.2 Å². The number of rotatable bonds is 6. The first-order valence-corrected chi connectivity index (χ1v) is 6.39. The van der Waals surface area contributed by atoms with E-state index >= 15 is 0 Å². The molecule has 0 aromatic heterocycles. The summed E-state index contributed by atoms with van der Waals surface area (Å²) in [5, 5.41) is 11.3. The molecule has 1 unspecified atom stereocenters. The van der Waals surface area contributed by atoms with Gasteiger partial charge in [0.1, 0.15) is 5.82 Å². The number of amides is 1. The molecule has 1 aromatic rings. The van der Waals surface area contributed by atoms with Gasteiger partial charge in [0.25, 0.3) is 0 Å². The highest BCUT2D eigenvalue weighted by Gasteiger charge is 2.19. The molecule has 1 rings (SSSR count). The number of anilines is 1. The predicted molar refractivity (Wildman–Crippen MR) is 74.0 cm³/mol. The van der Waals surface area contributed by atoms with Crippen LogP contribution in [0.1, 0.15) is 30.6 Å². The summed E-state index contributed by atoms with van der Waals surface area (Å²) in [5.74, 6) is -2.55. The maximum Gasteiger partial charge on any atom is 0.338 e. The molecule has 0 spiro atoms. The third-order valence-corrected chi connectivity index (χ3v) is 2.88. The van der Waals surface area contributed by atoms with Gasteiger partial charge in [-0.15, -0.1) is 0 Å². The first-order chi connectivity index (χ1) is 9.35. The lowest BCUT2D eigenvalue weighted by atomic mass is 9.96. The van der Waals surface area contributed by atoms with Crippen LogP contribution in [-0.4, -0.2) is 23.5 Å². The molecule has 0 fully saturated rings. The summed E-state index contributed by atoms with van der Waals surface area (Å²) in [6.07, 6.45) is 0.637. The second-order valence-electron chi connectivity index (χ2n) is 5.05. The average molecular weight is 282 g/mol. The number of hydrogen-bond donors (Lipinski definition) is 3. The van der Waals surface area contributed by atoms with Gasteiger partial charge in [-0.05, 0) is 30.5 Å². The van der Waals surface area contributed by atoms with Crippen molar-refractivity contribution in [2.75, 3.05) is 11.9 Å². The number of halogens is 1. The monoisotopic (exact) mass is 282 g/mol. The zero-order valence-electron chi connectivity index (χ0n) is 11.5. The average Bonchev–Trinajstić information content (AvgIpc) is 2.35. The number of aromatic carboxylic acids is 1. The molecule has 0 radical (unpaired) electrons. The molecule has 0 aliphatic rings. The summed E-state index contributed by atoms with van der Waals surface area (Å²) >= 11 is 0. The van der Waals surface area contributed by atoms with Crippen LogP contribution < -0.4 is 11.1 Å². The Balaban J connectivity index is 2.80. The van der Waals surface area contributed by atoms with E-state index in [1.165, 1.54) is 6.07 Å². The van der Waals surface area contributed by atoms with Crippen molar-refractivity contribution in [3.63, 3.8) is 0 Å². The van der Waals surface area contributed by atoms with Gasteiger partial charge >= 0.3 is 5.97 Å². The van der Waals surface area contributed by atoms with Crippen molar-refractivity contribution >= 4 is 17.6 Å². The Morgan fingerprint density at radius 3 is 2.50 bits per heavy atom. The quantitative estimate of drug-likeness (QED) is 0.744. The van der Waals surface area contributed by atoms with Gasteiger partial charge < -0.3 is 16.2 Å². The second-order valence-corrected chi connectivity index (χ2v) is 5.05. The summed E-state index contributed by atoms with van der Waals surface area (Å²) in [6, 6.07) is 3.46. The van der Waals surface area contributed by atoms with E-state index in [-0.39, 0.29) is 24.1 Å². The predicted octanol–water partition coefficient (Wildman–Crippen LogP) is 2.08. The van der Waals surface area contributed by atoms with Gasteiger partial charge in [-0.2, -0.15) is 0 Å². The molecule has 0 saturated heterocycles. The van der Waals surface area contributed by atoms with Crippen LogP contribution in [0.3, 0.4) is 0 Å². The van der Waals surface area contributed by atoms with Crippen molar-refractivity contribution in [2.45, 2.75) is 20.3 Å². The molecule has 110 valence electrons. The van der Waals surface area contributed by atoms with E-state index in [1.54, 1.807) is 0 Å². The van der Waals surface area contributed by atoms with Gasteiger partial charge in [-0.25, -0.2) is 9.18 Å². The van der Waals surface area contributed by atoms with Crippen LogP contribution in [0.4, 0.5) is 10.1 Å². The summed E-state index contributed by atoms with van der Waals surface area (Å²) in [4.78, 5) is 22.7. The molecular weight excluding hydrogens is 263 g/mol. The van der Waals surface area contributed by atoms with E-state index in [0.717, 1.165) is 12.1 Å². The van der Waals surface area contributed by atoms with Crippen molar-refractivity contribution in [1.29, 1.82) is 0 Å². The number of nitrogens with one attached hydrogen (secondary N) is 1. The lowest BCUT2D eigenvalue weighted by molar-refractivity contribution is -0.120. The number of carboxylic acids is 1. The topological polar surface area (TPSA) is 92.4 Å². The molecule has 1 amide bonds. The SMILES string of the molecule is CC(C)CC(CN)C(=O)Nc1ccc(C(=O)O)c(F)c1. The van der Waals surface area contributed by atoms with Crippen LogP contribution in [0.5, 0.6) is 0 Å². The number of carbonyl (C=O) groups is 2. The van der Waals surface area contributed by atoms with Gasteiger partial charge in [-0.3, -0.25) is 4.79 Å². The van der Waals surface area contributed by atoms with E-state index in [2.05, 4.69) is 5.32 Å². The Morgan fingerprint density at radius 2 is 2.05 bits per heavy atom. The van der Waals surface area contributed by atoms with E-state index in [0.29, 0.717) is 12.3 Å². The normalized spacial score (nSPS) is 12.2. The van der Waals surface area contributed by atoms with Crippen LogP contribution in [-0.2, 0) is 4.79 Å². The van der Waals surface area contributed by atoms with Crippen molar-refractivity contribution in [3.05, 3.63) is 29.6 Å². The number of nitrogens with two attached hydrogens (primary N) is 1. The summed E-state index contributed by atoms with van der Waals surface area (Å²) in [6.45, 7) is 4.17. The molecule has 20 heavy (non-hydrogen) atoms. The highest BCUT2D eigenvalue weighted by atomic mass is 19.1. The molecule has 0 aliphatic heterocycles. The number of carbonyl (C=O) groups excluding carboxylic acids is 1. The van der Waals surface area contributed by atoms with Crippen molar-refractivity contribution in [3.8, 4) is 0 Å². The first kappa shape index (κ1) is 16.1. The van der Waals surface area contributed by atoms with E-state index in [4.69, 9.17) is 10.8 Å². The standard InChI is InChI=1S/C14H19FN2O3/c1-8(2)5-9(7-16)13(18)17-10-3-4-11(14(19)20)12(15)6-10/h3-4,6,8-9H,5,7,16H2,1-2H3,(H,17,18)(H,19,20). The van der Waals surface area contributed by atoms with E-state index < -0.39 is 17.3 Å². The van der Waals surface area contributed by atoms with Gasteiger partial charge in [0, 0.05) is 12.2 Å². The fraction of sp³-hybridized carbons (Fsp3) is 0.429. The minimum absolute atomic E-state index is 0.208. The van der Waals surface area contributed by atoms with E-state index in [9.17, 15) is 14.0 Å². The van der Waals surface area contributed by atoms with E-state index in [1.807, 2.05) is 13.8 Å². The Bertz CT molecular complexity index is 503. The minimum Gasteiger partial charge on any atom is -0.478 e. The summed E-state index contributed by atoms with van der Waals surface area (Å²) in [7, 11) is 0. The molecule has 1 atom stereocenters. The smallest absolute Gasteiger partial charge is 0.338 e. The molecule has 1 aromatic carbocycles. The highest BCUT2D eigenvalue weighted by molar-refractivity contribution is 5.94.